The lowest BCUT2D eigenvalue weighted by Gasteiger charge is -2.29. The molecule has 0 aliphatic carbocycles. The Morgan fingerprint density at radius 2 is 1.38 bits per heavy atom. The quantitative estimate of drug-likeness (QED) is 0.736. The maximum absolute atomic E-state index is 13.1. The van der Waals surface area contributed by atoms with Gasteiger partial charge in [0.15, 0.2) is 0 Å². The SMILES string of the molecule is CC[C@H](C)[C@@H](C(=O)Nc1ccc(NC(C)=O)cc1)N1C(=O)c2ccccc2C1=O. The number of benzene rings is 2. The van der Waals surface area contributed by atoms with Crippen LogP contribution in [0.1, 0.15) is 47.9 Å². The molecule has 1 aliphatic heterocycles. The highest BCUT2D eigenvalue weighted by Gasteiger charge is 2.44. The van der Waals surface area contributed by atoms with E-state index >= 15 is 0 Å². The maximum atomic E-state index is 13.1. The average molecular weight is 393 g/mol. The van der Waals surface area contributed by atoms with Crippen molar-refractivity contribution >= 4 is 35.0 Å². The van der Waals surface area contributed by atoms with Crippen LogP contribution in [-0.2, 0) is 9.59 Å². The molecule has 29 heavy (non-hydrogen) atoms. The number of hydrogen-bond donors (Lipinski definition) is 2. The van der Waals surface area contributed by atoms with Gasteiger partial charge in [0.05, 0.1) is 11.1 Å². The second-order valence-electron chi connectivity index (χ2n) is 7.10. The molecule has 2 aromatic rings. The van der Waals surface area contributed by atoms with Gasteiger partial charge in [0.2, 0.25) is 11.8 Å². The molecule has 7 nitrogen and oxygen atoms in total. The number of anilines is 2. The molecule has 2 aromatic carbocycles. The number of nitrogens with one attached hydrogen (secondary N) is 2. The zero-order chi connectivity index (χ0) is 21.1. The Morgan fingerprint density at radius 1 is 0.897 bits per heavy atom. The maximum Gasteiger partial charge on any atom is 0.262 e. The Hall–Kier alpha value is -3.48. The Bertz CT molecular complexity index is 933. The predicted molar refractivity (Wildman–Crippen MR) is 110 cm³/mol. The van der Waals surface area contributed by atoms with E-state index in [1.165, 1.54) is 6.92 Å². The molecule has 2 N–H and O–H groups in total. The fraction of sp³-hybridized carbons (Fsp3) is 0.273. The van der Waals surface area contributed by atoms with Gasteiger partial charge >= 0.3 is 0 Å². The van der Waals surface area contributed by atoms with E-state index in [2.05, 4.69) is 10.6 Å². The van der Waals surface area contributed by atoms with Crippen molar-refractivity contribution in [2.75, 3.05) is 10.6 Å². The van der Waals surface area contributed by atoms with Crippen molar-refractivity contribution in [3.63, 3.8) is 0 Å². The summed E-state index contributed by atoms with van der Waals surface area (Å²) in [6, 6.07) is 12.3. The molecule has 0 unspecified atom stereocenters. The van der Waals surface area contributed by atoms with E-state index < -0.39 is 23.8 Å². The van der Waals surface area contributed by atoms with Gasteiger partial charge < -0.3 is 10.6 Å². The van der Waals surface area contributed by atoms with Gasteiger partial charge in [-0.05, 0) is 42.3 Å². The summed E-state index contributed by atoms with van der Waals surface area (Å²) in [5.74, 6) is -1.75. The van der Waals surface area contributed by atoms with Crippen molar-refractivity contribution in [2.24, 2.45) is 5.92 Å². The van der Waals surface area contributed by atoms with E-state index in [0.29, 0.717) is 28.9 Å². The minimum atomic E-state index is -0.928. The molecular weight excluding hydrogens is 370 g/mol. The summed E-state index contributed by atoms with van der Waals surface area (Å²) in [5.41, 5.74) is 1.75. The smallest absolute Gasteiger partial charge is 0.262 e. The highest BCUT2D eigenvalue weighted by atomic mass is 16.2. The van der Waals surface area contributed by atoms with Crippen LogP contribution in [0.2, 0.25) is 0 Å². The summed E-state index contributed by atoms with van der Waals surface area (Å²) in [6.45, 7) is 5.16. The average Bonchev–Trinajstić information content (AvgIpc) is 2.94. The molecule has 2 atom stereocenters. The molecule has 1 aliphatic rings. The van der Waals surface area contributed by atoms with Crippen molar-refractivity contribution < 1.29 is 19.2 Å². The van der Waals surface area contributed by atoms with Crippen molar-refractivity contribution in [1.29, 1.82) is 0 Å². The lowest BCUT2D eigenvalue weighted by molar-refractivity contribution is -0.121. The number of carbonyl (C=O) groups is 4. The number of rotatable bonds is 6. The summed E-state index contributed by atoms with van der Waals surface area (Å²) < 4.78 is 0. The number of amides is 4. The molecule has 0 radical (unpaired) electrons. The second-order valence-corrected chi connectivity index (χ2v) is 7.10. The van der Waals surface area contributed by atoms with Crippen LogP contribution in [0.25, 0.3) is 0 Å². The third kappa shape index (κ3) is 4.03. The number of imide groups is 1. The number of fused-ring (bicyclic) bond motifs is 1. The third-order valence-corrected chi connectivity index (χ3v) is 5.03. The van der Waals surface area contributed by atoms with Crippen molar-refractivity contribution in [1.82, 2.24) is 4.90 Å². The monoisotopic (exact) mass is 393 g/mol. The van der Waals surface area contributed by atoms with Crippen LogP contribution >= 0.6 is 0 Å². The highest BCUT2D eigenvalue weighted by Crippen LogP contribution is 2.29. The summed E-state index contributed by atoms with van der Waals surface area (Å²) in [6.07, 6.45) is 0.618. The van der Waals surface area contributed by atoms with E-state index in [9.17, 15) is 19.2 Å². The lowest BCUT2D eigenvalue weighted by Crippen LogP contribution is -2.50. The summed E-state index contributed by atoms with van der Waals surface area (Å²) in [7, 11) is 0. The van der Waals surface area contributed by atoms with E-state index in [4.69, 9.17) is 0 Å². The van der Waals surface area contributed by atoms with Gasteiger partial charge in [0.1, 0.15) is 6.04 Å². The Labute approximate surface area is 169 Å². The highest BCUT2D eigenvalue weighted by molar-refractivity contribution is 6.23. The predicted octanol–water partition coefficient (Wildman–Crippen LogP) is 3.29. The fourth-order valence-corrected chi connectivity index (χ4v) is 3.37. The van der Waals surface area contributed by atoms with E-state index in [1.807, 2.05) is 13.8 Å². The van der Waals surface area contributed by atoms with Crippen LogP contribution in [0.3, 0.4) is 0 Å². The molecule has 0 saturated heterocycles. The molecule has 0 saturated carbocycles. The lowest BCUT2D eigenvalue weighted by atomic mass is 9.96. The first kappa shape index (κ1) is 20.3. The first-order valence-corrected chi connectivity index (χ1v) is 9.49. The van der Waals surface area contributed by atoms with Crippen LogP contribution in [0.4, 0.5) is 11.4 Å². The van der Waals surface area contributed by atoms with Crippen molar-refractivity contribution in [3.05, 3.63) is 59.7 Å². The normalized spacial score (nSPS) is 14.9. The van der Waals surface area contributed by atoms with Gasteiger partial charge in [-0.2, -0.15) is 0 Å². The minimum Gasteiger partial charge on any atom is -0.326 e. The standard InChI is InChI=1S/C22H23N3O4/c1-4-13(2)19(25-21(28)17-7-5-6-8-18(17)22(25)29)20(27)24-16-11-9-15(10-12-16)23-14(3)26/h5-13,19H,4H2,1-3H3,(H,23,26)(H,24,27)/t13-,19-/m0/s1. The zero-order valence-corrected chi connectivity index (χ0v) is 16.6. The molecule has 3 rings (SSSR count). The zero-order valence-electron chi connectivity index (χ0n) is 16.6. The molecule has 4 amide bonds. The number of hydrogen-bond acceptors (Lipinski definition) is 4. The first-order chi connectivity index (χ1) is 13.8. The number of carbonyl (C=O) groups excluding carboxylic acids is 4. The third-order valence-electron chi connectivity index (χ3n) is 5.03. The molecule has 7 heteroatoms. The molecule has 1 heterocycles. The molecule has 0 bridgehead atoms. The molecule has 0 spiro atoms. The topological polar surface area (TPSA) is 95.6 Å². The van der Waals surface area contributed by atoms with Crippen LogP contribution in [0.15, 0.2) is 48.5 Å². The van der Waals surface area contributed by atoms with Gasteiger partial charge in [-0.15, -0.1) is 0 Å². The summed E-state index contributed by atoms with van der Waals surface area (Å²) in [5, 5.41) is 5.44. The van der Waals surface area contributed by atoms with Crippen LogP contribution < -0.4 is 10.6 Å². The molecule has 0 fully saturated rings. The van der Waals surface area contributed by atoms with Gasteiger partial charge in [0.25, 0.3) is 11.8 Å². The van der Waals surface area contributed by atoms with Gasteiger partial charge in [-0.25, -0.2) is 0 Å². The first-order valence-electron chi connectivity index (χ1n) is 9.49. The fourth-order valence-electron chi connectivity index (χ4n) is 3.37. The summed E-state index contributed by atoms with van der Waals surface area (Å²) >= 11 is 0. The van der Waals surface area contributed by atoms with Crippen LogP contribution in [-0.4, -0.2) is 34.6 Å². The number of nitrogens with zero attached hydrogens (tertiary/aromatic N) is 1. The van der Waals surface area contributed by atoms with Crippen LogP contribution in [0, 0.1) is 5.92 Å². The Kier molecular flexibility index (Phi) is 5.77. The molecule has 150 valence electrons. The molecule has 0 aromatic heterocycles. The van der Waals surface area contributed by atoms with E-state index in [0.717, 1.165) is 4.90 Å². The Balaban J connectivity index is 1.84. The van der Waals surface area contributed by atoms with Crippen molar-refractivity contribution in [3.8, 4) is 0 Å². The van der Waals surface area contributed by atoms with Crippen LogP contribution in [0.5, 0.6) is 0 Å². The Morgan fingerprint density at radius 3 is 1.83 bits per heavy atom. The van der Waals surface area contributed by atoms with E-state index in [-0.39, 0.29) is 11.8 Å². The van der Waals surface area contributed by atoms with Gasteiger partial charge in [-0.1, -0.05) is 32.4 Å². The van der Waals surface area contributed by atoms with Crippen molar-refractivity contribution in [2.45, 2.75) is 33.2 Å². The second kappa shape index (κ2) is 8.26. The van der Waals surface area contributed by atoms with Gasteiger partial charge in [-0.3, -0.25) is 24.1 Å². The minimum absolute atomic E-state index is 0.191. The largest absolute Gasteiger partial charge is 0.326 e. The van der Waals surface area contributed by atoms with E-state index in [1.54, 1.807) is 48.5 Å². The van der Waals surface area contributed by atoms with Gasteiger partial charge in [0, 0.05) is 18.3 Å². The summed E-state index contributed by atoms with van der Waals surface area (Å²) in [4.78, 5) is 51.0. The molecular formula is C22H23N3O4.